The van der Waals surface area contributed by atoms with Crippen molar-refractivity contribution in [2.75, 3.05) is 32.6 Å². The summed E-state index contributed by atoms with van der Waals surface area (Å²) in [6, 6.07) is 12.5. The minimum Gasteiger partial charge on any atom is -0.497 e. The second-order valence-corrected chi connectivity index (χ2v) is 8.39. The first-order chi connectivity index (χ1) is 12.5. The molecule has 5 rings (SSSR count). The van der Waals surface area contributed by atoms with Gasteiger partial charge in [-0.2, -0.15) is 0 Å². The normalized spacial score (nSPS) is 19.5. The fraction of sp³-hybridized carbons (Fsp3) is 0.381. The summed E-state index contributed by atoms with van der Waals surface area (Å²) in [4.78, 5) is 7.21. The van der Waals surface area contributed by atoms with E-state index in [-0.39, 0.29) is 0 Å². The van der Waals surface area contributed by atoms with Gasteiger partial charge in [-0.3, -0.25) is 0 Å². The number of aromatic nitrogens is 1. The Morgan fingerprint density at radius 2 is 1.92 bits per heavy atom. The van der Waals surface area contributed by atoms with Crippen LogP contribution in [0, 0.1) is 5.41 Å². The Balaban J connectivity index is 1.58. The Kier molecular flexibility index (Phi) is 3.56. The van der Waals surface area contributed by atoms with Crippen molar-refractivity contribution in [1.82, 2.24) is 9.88 Å². The quantitative estimate of drug-likeness (QED) is 0.689. The van der Waals surface area contributed by atoms with Gasteiger partial charge in [0.2, 0.25) is 0 Å². The van der Waals surface area contributed by atoms with Gasteiger partial charge in [-0.25, -0.2) is 4.98 Å². The number of likely N-dealkylation sites (tertiary alicyclic amines) is 1. The van der Waals surface area contributed by atoms with Crippen molar-refractivity contribution in [2.45, 2.75) is 18.9 Å². The van der Waals surface area contributed by atoms with Crippen molar-refractivity contribution in [3.8, 4) is 5.75 Å². The first-order valence-electron chi connectivity index (χ1n) is 9.07. The van der Waals surface area contributed by atoms with Crippen LogP contribution in [0.2, 0.25) is 5.02 Å². The van der Waals surface area contributed by atoms with Crippen LogP contribution in [0.1, 0.15) is 12.8 Å². The number of pyridine rings is 1. The van der Waals surface area contributed by atoms with Crippen molar-refractivity contribution in [3.05, 3.63) is 41.4 Å². The number of rotatable bonds is 3. The molecular weight excluding hydrogens is 346 g/mol. The minimum atomic E-state index is 0.513. The van der Waals surface area contributed by atoms with E-state index in [1.165, 1.54) is 25.9 Å². The molecule has 3 aromatic rings. The van der Waals surface area contributed by atoms with E-state index < -0.39 is 0 Å². The number of hydrogen-bond donors (Lipinski definition) is 1. The molecule has 134 valence electrons. The Labute approximate surface area is 158 Å². The van der Waals surface area contributed by atoms with Gasteiger partial charge in [-0.1, -0.05) is 11.6 Å². The van der Waals surface area contributed by atoms with E-state index in [1.54, 1.807) is 7.11 Å². The molecule has 2 aromatic carbocycles. The fourth-order valence-corrected chi connectivity index (χ4v) is 4.99. The van der Waals surface area contributed by atoms with E-state index in [4.69, 9.17) is 21.3 Å². The second-order valence-electron chi connectivity index (χ2n) is 7.95. The van der Waals surface area contributed by atoms with Crippen molar-refractivity contribution < 1.29 is 4.74 Å². The molecule has 0 unspecified atom stereocenters. The summed E-state index contributed by atoms with van der Waals surface area (Å²) in [6.45, 7) is 2.46. The summed E-state index contributed by atoms with van der Waals surface area (Å²) >= 11 is 6.21. The Morgan fingerprint density at radius 3 is 2.65 bits per heavy atom. The molecular formula is C21H22ClN3O. The summed E-state index contributed by atoms with van der Waals surface area (Å²) < 4.78 is 5.44. The summed E-state index contributed by atoms with van der Waals surface area (Å²) in [5.41, 5.74) is 3.58. The van der Waals surface area contributed by atoms with Crippen LogP contribution in [0.4, 0.5) is 5.69 Å². The number of hydrogen-bond acceptors (Lipinski definition) is 4. The second kappa shape index (κ2) is 5.73. The van der Waals surface area contributed by atoms with Crippen LogP contribution in [0.3, 0.4) is 0 Å². The molecule has 1 aliphatic heterocycles. The third-order valence-electron chi connectivity index (χ3n) is 5.86. The maximum Gasteiger partial charge on any atom is 0.119 e. The monoisotopic (exact) mass is 367 g/mol. The molecule has 2 fully saturated rings. The lowest BCUT2D eigenvalue weighted by molar-refractivity contribution is -0.0512. The number of benzene rings is 2. The largest absolute Gasteiger partial charge is 0.497 e. The zero-order valence-corrected chi connectivity index (χ0v) is 15.8. The zero-order valence-electron chi connectivity index (χ0n) is 15.1. The number of halogens is 1. The molecule has 26 heavy (non-hydrogen) atoms. The number of anilines is 1. The summed E-state index contributed by atoms with van der Waals surface area (Å²) in [5.74, 6) is 0.848. The number of nitrogens with one attached hydrogen (secondary N) is 1. The first kappa shape index (κ1) is 16.2. The summed E-state index contributed by atoms with van der Waals surface area (Å²) in [5, 5.41) is 6.74. The van der Waals surface area contributed by atoms with Crippen molar-refractivity contribution in [2.24, 2.45) is 5.41 Å². The third-order valence-corrected chi connectivity index (χ3v) is 6.10. The summed E-state index contributed by atoms with van der Waals surface area (Å²) in [6.07, 6.45) is 2.47. The lowest BCUT2D eigenvalue weighted by Crippen LogP contribution is -2.63. The maximum absolute atomic E-state index is 6.21. The molecule has 2 heterocycles. The number of ether oxygens (including phenoxy) is 1. The van der Waals surface area contributed by atoms with Gasteiger partial charge in [0.15, 0.2) is 0 Å². The van der Waals surface area contributed by atoms with Crippen molar-refractivity contribution in [1.29, 1.82) is 0 Å². The average molecular weight is 368 g/mol. The van der Waals surface area contributed by atoms with Crippen LogP contribution in [-0.4, -0.2) is 43.2 Å². The number of nitrogens with zero attached hydrogens (tertiary/aromatic N) is 2. The van der Waals surface area contributed by atoms with E-state index in [2.05, 4.69) is 29.4 Å². The van der Waals surface area contributed by atoms with Gasteiger partial charge in [0.25, 0.3) is 0 Å². The van der Waals surface area contributed by atoms with Gasteiger partial charge in [0.1, 0.15) is 5.75 Å². The molecule has 0 amide bonds. The lowest BCUT2D eigenvalue weighted by atomic mass is 9.61. The first-order valence-corrected chi connectivity index (χ1v) is 9.45. The molecule has 1 aliphatic carbocycles. The molecule has 2 aliphatic rings. The highest BCUT2D eigenvalue weighted by Gasteiger charge is 2.51. The van der Waals surface area contributed by atoms with E-state index in [1.807, 2.05) is 24.3 Å². The van der Waals surface area contributed by atoms with Gasteiger partial charge >= 0.3 is 0 Å². The van der Waals surface area contributed by atoms with E-state index in [0.717, 1.165) is 33.2 Å². The van der Waals surface area contributed by atoms with Crippen molar-refractivity contribution in [3.63, 3.8) is 0 Å². The predicted molar refractivity (Wildman–Crippen MR) is 107 cm³/mol. The van der Waals surface area contributed by atoms with Crippen LogP contribution >= 0.6 is 11.6 Å². The molecule has 1 saturated heterocycles. The van der Waals surface area contributed by atoms with Gasteiger partial charge in [-0.15, -0.1) is 0 Å². The van der Waals surface area contributed by atoms with Crippen molar-refractivity contribution >= 4 is 39.1 Å². The standard InChI is InChI=1S/C21H22ClN3O/c1-25-11-21(12-25)9-14(10-21)23-20-16-5-3-13(22)7-19(16)24-18-6-4-15(26-2)8-17(18)20/h3-8,14H,9-12H2,1-2H3,(H,23,24). The van der Waals surface area contributed by atoms with Gasteiger partial charge in [0.05, 0.1) is 23.8 Å². The molecule has 1 N–H and O–H groups in total. The Bertz CT molecular complexity index is 1000. The highest BCUT2D eigenvalue weighted by atomic mass is 35.5. The molecule has 1 saturated carbocycles. The lowest BCUT2D eigenvalue weighted by Gasteiger charge is -2.58. The highest BCUT2D eigenvalue weighted by Crippen LogP contribution is 2.49. The molecule has 0 radical (unpaired) electrons. The van der Waals surface area contributed by atoms with E-state index in [9.17, 15) is 0 Å². The van der Waals surface area contributed by atoms with Gasteiger partial charge < -0.3 is 15.0 Å². The number of methoxy groups -OCH3 is 1. The van der Waals surface area contributed by atoms with Crippen LogP contribution in [0.25, 0.3) is 21.8 Å². The van der Waals surface area contributed by atoms with Crippen LogP contribution < -0.4 is 10.1 Å². The van der Waals surface area contributed by atoms with Crippen LogP contribution in [0.5, 0.6) is 5.75 Å². The average Bonchev–Trinajstić information content (AvgIpc) is 2.57. The molecule has 0 atom stereocenters. The van der Waals surface area contributed by atoms with Gasteiger partial charge in [0, 0.05) is 34.9 Å². The van der Waals surface area contributed by atoms with E-state index >= 15 is 0 Å². The molecule has 5 heteroatoms. The van der Waals surface area contributed by atoms with Crippen LogP contribution in [-0.2, 0) is 0 Å². The zero-order chi connectivity index (χ0) is 17.9. The topological polar surface area (TPSA) is 37.4 Å². The highest BCUT2D eigenvalue weighted by molar-refractivity contribution is 6.31. The smallest absolute Gasteiger partial charge is 0.119 e. The Morgan fingerprint density at radius 1 is 1.12 bits per heavy atom. The van der Waals surface area contributed by atoms with E-state index in [0.29, 0.717) is 16.5 Å². The third kappa shape index (κ3) is 2.51. The predicted octanol–water partition coefficient (Wildman–Crippen LogP) is 4.56. The fourth-order valence-electron chi connectivity index (χ4n) is 4.83. The van der Waals surface area contributed by atoms with Crippen LogP contribution in [0.15, 0.2) is 36.4 Å². The molecule has 1 aromatic heterocycles. The summed E-state index contributed by atoms with van der Waals surface area (Å²) in [7, 11) is 3.90. The maximum atomic E-state index is 6.21. The van der Waals surface area contributed by atoms with Gasteiger partial charge in [-0.05, 0) is 61.7 Å². The number of fused-ring (bicyclic) bond motifs is 2. The Hall–Kier alpha value is -2.04. The molecule has 4 nitrogen and oxygen atoms in total. The molecule has 1 spiro atoms. The minimum absolute atomic E-state index is 0.513. The molecule has 0 bridgehead atoms. The SMILES string of the molecule is COc1ccc2nc3cc(Cl)ccc3c(NC3CC4(C3)CN(C)C4)c2c1.